The van der Waals surface area contributed by atoms with Gasteiger partial charge < -0.3 is 4.74 Å². The second kappa shape index (κ2) is 8.11. The summed E-state index contributed by atoms with van der Waals surface area (Å²) in [4.78, 5) is 12.2. The molecule has 6 nitrogen and oxygen atoms in total. The zero-order chi connectivity index (χ0) is 22.1. The number of nitrogens with zero attached hydrogens (tertiary/aromatic N) is 1. The molecule has 0 saturated heterocycles. The Kier molecular flexibility index (Phi) is 5.91. The van der Waals surface area contributed by atoms with E-state index in [2.05, 4.69) is 4.74 Å². The van der Waals surface area contributed by atoms with E-state index in [9.17, 15) is 26.4 Å². The van der Waals surface area contributed by atoms with Gasteiger partial charge >= 0.3 is 12.3 Å². The summed E-state index contributed by atoms with van der Waals surface area (Å²) in [6.07, 6.45) is -6.35. The van der Waals surface area contributed by atoms with Crippen LogP contribution in [0.5, 0.6) is 0 Å². The van der Waals surface area contributed by atoms with Crippen molar-refractivity contribution in [2.24, 2.45) is 0 Å². The van der Waals surface area contributed by atoms with Gasteiger partial charge in [0.05, 0.1) is 17.0 Å². The van der Waals surface area contributed by atoms with Crippen LogP contribution in [0.4, 0.5) is 13.2 Å². The SMILES string of the molecule is CCOC(=O)C(OC(F)(F)F)c1cn(S(=O)(=O)c2ccc(C)cc2)c2ccccc12. The van der Waals surface area contributed by atoms with Gasteiger partial charge in [0.15, 0.2) is 6.10 Å². The molecule has 0 fully saturated rings. The number of halogens is 3. The van der Waals surface area contributed by atoms with E-state index in [0.29, 0.717) is 0 Å². The van der Waals surface area contributed by atoms with Crippen molar-refractivity contribution in [2.45, 2.75) is 31.2 Å². The molecule has 1 unspecified atom stereocenters. The van der Waals surface area contributed by atoms with Crippen molar-refractivity contribution in [3.63, 3.8) is 0 Å². The Balaban J connectivity index is 2.22. The number of benzene rings is 2. The summed E-state index contributed by atoms with van der Waals surface area (Å²) in [6.45, 7) is 3.06. The van der Waals surface area contributed by atoms with Gasteiger partial charge in [-0.3, -0.25) is 4.74 Å². The minimum Gasteiger partial charge on any atom is -0.464 e. The minimum absolute atomic E-state index is 0.0511. The quantitative estimate of drug-likeness (QED) is 0.533. The predicted octanol–water partition coefficient (Wildman–Crippen LogP) is 4.33. The van der Waals surface area contributed by atoms with Crippen molar-refractivity contribution < 1.29 is 35.9 Å². The van der Waals surface area contributed by atoms with Crippen LogP contribution in [0.2, 0.25) is 0 Å². The number of esters is 1. The van der Waals surface area contributed by atoms with E-state index < -0.39 is 28.5 Å². The lowest BCUT2D eigenvalue weighted by atomic mass is 10.1. The number of aryl methyl sites for hydroxylation is 1. The average molecular weight is 441 g/mol. The Labute approximate surface area is 170 Å². The standard InChI is InChI=1S/C20H18F3NO5S/c1-3-28-19(25)18(29-20(21,22)23)16-12-24(17-7-5-4-6-15(16)17)30(26,27)14-10-8-13(2)9-11-14/h4-12,18H,3H2,1-2H3. The molecule has 3 aromatic rings. The molecule has 1 aromatic heterocycles. The number of ether oxygens (including phenoxy) is 2. The van der Waals surface area contributed by atoms with Crippen molar-refractivity contribution in [1.29, 1.82) is 0 Å². The van der Waals surface area contributed by atoms with E-state index in [1.54, 1.807) is 19.1 Å². The summed E-state index contributed by atoms with van der Waals surface area (Å²) in [7, 11) is -4.15. The molecule has 0 bridgehead atoms. The van der Waals surface area contributed by atoms with Crippen molar-refractivity contribution in [3.8, 4) is 0 Å². The molecule has 1 atom stereocenters. The molecule has 3 rings (SSSR count). The fourth-order valence-electron chi connectivity index (χ4n) is 3.00. The highest BCUT2D eigenvalue weighted by Gasteiger charge is 2.40. The third kappa shape index (κ3) is 4.34. The van der Waals surface area contributed by atoms with Crippen LogP contribution >= 0.6 is 0 Å². The fraction of sp³-hybridized carbons (Fsp3) is 0.250. The lowest BCUT2D eigenvalue weighted by Gasteiger charge is -2.17. The van der Waals surface area contributed by atoms with Gasteiger partial charge in [0.1, 0.15) is 0 Å². The van der Waals surface area contributed by atoms with Gasteiger partial charge in [-0.2, -0.15) is 0 Å². The zero-order valence-electron chi connectivity index (χ0n) is 16.0. The first-order chi connectivity index (χ1) is 14.0. The maximum Gasteiger partial charge on any atom is 0.523 e. The highest BCUT2D eigenvalue weighted by Crippen LogP contribution is 2.35. The molecule has 0 radical (unpaired) electrons. The fourth-order valence-corrected chi connectivity index (χ4v) is 4.37. The van der Waals surface area contributed by atoms with Gasteiger partial charge in [-0.05, 0) is 32.0 Å². The Morgan fingerprint density at radius 3 is 2.33 bits per heavy atom. The molecular formula is C20H18F3NO5S. The van der Waals surface area contributed by atoms with E-state index in [0.717, 1.165) is 15.7 Å². The largest absolute Gasteiger partial charge is 0.523 e. The smallest absolute Gasteiger partial charge is 0.464 e. The first kappa shape index (κ1) is 21.8. The lowest BCUT2D eigenvalue weighted by Crippen LogP contribution is -2.26. The first-order valence-electron chi connectivity index (χ1n) is 8.88. The highest BCUT2D eigenvalue weighted by molar-refractivity contribution is 7.90. The van der Waals surface area contributed by atoms with Crippen LogP contribution < -0.4 is 0 Å². The van der Waals surface area contributed by atoms with Crippen LogP contribution in [0.15, 0.2) is 59.6 Å². The summed E-state index contributed by atoms with van der Waals surface area (Å²) in [5.41, 5.74) is 0.679. The van der Waals surface area contributed by atoms with E-state index >= 15 is 0 Å². The third-order valence-electron chi connectivity index (χ3n) is 4.32. The summed E-state index contributed by atoms with van der Waals surface area (Å²) in [5.74, 6) is -1.27. The van der Waals surface area contributed by atoms with Crippen LogP contribution in [-0.4, -0.2) is 31.3 Å². The number of alkyl halides is 3. The number of carbonyl (C=O) groups excluding carboxylic acids is 1. The molecule has 0 N–H and O–H groups in total. The zero-order valence-corrected chi connectivity index (χ0v) is 16.8. The Hall–Kier alpha value is -2.85. The Morgan fingerprint density at radius 2 is 1.73 bits per heavy atom. The summed E-state index contributed by atoms with van der Waals surface area (Å²) < 4.78 is 74.8. The van der Waals surface area contributed by atoms with Crippen LogP contribution in [0.1, 0.15) is 24.2 Å². The normalized spacial score (nSPS) is 13.4. The summed E-state index contributed by atoms with van der Waals surface area (Å²) >= 11 is 0. The van der Waals surface area contributed by atoms with Gasteiger partial charge in [0.2, 0.25) is 0 Å². The van der Waals surface area contributed by atoms with Crippen LogP contribution in [0.3, 0.4) is 0 Å². The van der Waals surface area contributed by atoms with Crippen LogP contribution in [-0.2, 0) is 24.3 Å². The maximum atomic E-state index is 13.2. The van der Waals surface area contributed by atoms with Crippen LogP contribution in [0.25, 0.3) is 10.9 Å². The van der Waals surface area contributed by atoms with Gasteiger partial charge in [0, 0.05) is 17.1 Å². The van der Waals surface area contributed by atoms with Crippen molar-refractivity contribution >= 4 is 26.9 Å². The molecule has 1 heterocycles. The summed E-state index contributed by atoms with van der Waals surface area (Å²) in [6, 6.07) is 11.9. The first-order valence-corrected chi connectivity index (χ1v) is 10.3. The second-order valence-corrected chi connectivity index (χ2v) is 8.23. The number of fused-ring (bicyclic) bond motifs is 1. The maximum absolute atomic E-state index is 13.2. The molecule has 2 aromatic carbocycles. The number of rotatable bonds is 6. The monoisotopic (exact) mass is 441 g/mol. The molecule has 0 amide bonds. The lowest BCUT2D eigenvalue weighted by molar-refractivity contribution is -0.342. The van der Waals surface area contributed by atoms with E-state index in [-0.39, 0.29) is 28.0 Å². The van der Waals surface area contributed by atoms with Gasteiger partial charge in [-0.25, -0.2) is 17.2 Å². The molecule has 30 heavy (non-hydrogen) atoms. The number of carbonyl (C=O) groups is 1. The van der Waals surface area contributed by atoms with Gasteiger partial charge in [0.25, 0.3) is 10.0 Å². The molecule has 0 saturated carbocycles. The van der Waals surface area contributed by atoms with Crippen molar-refractivity contribution in [1.82, 2.24) is 3.97 Å². The molecule has 0 aliphatic carbocycles. The molecule has 0 aliphatic heterocycles. The van der Waals surface area contributed by atoms with E-state index in [1.165, 1.54) is 43.3 Å². The Morgan fingerprint density at radius 1 is 1.10 bits per heavy atom. The molecule has 10 heteroatoms. The van der Waals surface area contributed by atoms with Crippen LogP contribution in [0, 0.1) is 6.92 Å². The number of para-hydroxylation sites is 1. The van der Waals surface area contributed by atoms with E-state index in [4.69, 9.17) is 4.74 Å². The molecular weight excluding hydrogens is 423 g/mol. The summed E-state index contributed by atoms with van der Waals surface area (Å²) in [5, 5.41) is 0.121. The number of hydrogen-bond donors (Lipinski definition) is 0. The van der Waals surface area contributed by atoms with Crippen molar-refractivity contribution in [3.05, 3.63) is 65.9 Å². The molecule has 160 valence electrons. The Bertz CT molecular complexity index is 1170. The number of hydrogen-bond acceptors (Lipinski definition) is 5. The second-order valence-electron chi connectivity index (χ2n) is 6.41. The third-order valence-corrected chi connectivity index (χ3v) is 6.01. The topological polar surface area (TPSA) is 74.6 Å². The highest BCUT2D eigenvalue weighted by atomic mass is 32.2. The van der Waals surface area contributed by atoms with Gasteiger partial charge in [-0.15, -0.1) is 13.2 Å². The van der Waals surface area contributed by atoms with Crippen molar-refractivity contribution in [2.75, 3.05) is 6.61 Å². The average Bonchev–Trinajstić information content (AvgIpc) is 3.06. The van der Waals surface area contributed by atoms with E-state index in [1.807, 2.05) is 0 Å². The molecule has 0 aliphatic rings. The van der Waals surface area contributed by atoms with Gasteiger partial charge in [-0.1, -0.05) is 35.9 Å². The molecule has 0 spiro atoms. The minimum atomic E-state index is -5.14. The number of aromatic nitrogens is 1. The predicted molar refractivity (Wildman–Crippen MR) is 102 cm³/mol.